The lowest BCUT2D eigenvalue weighted by Crippen LogP contribution is -1.90. The molecule has 0 saturated heterocycles. The minimum atomic E-state index is -0.596. The summed E-state index contributed by atoms with van der Waals surface area (Å²) in [5, 5.41) is -0.159. The van der Waals surface area contributed by atoms with E-state index < -0.39 is 5.82 Å². The lowest BCUT2D eigenvalue weighted by Gasteiger charge is -2.07. The average Bonchev–Trinajstić information content (AvgIpc) is 2.31. The molecule has 0 atom stereocenters. The van der Waals surface area contributed by atoms with Gasteiger partial charge in [0, 0.05) is 12.3 Å². The van der Waals surface area contributed by atoms with Gasteiger partial charge in [-0.2, -0.15) is 0 Å². The van der Waals surface area contributed by atoms with Crippen LogP contribution in [-0.4, -0.2) is 9.97 Å². The van der Waals surface area contributed by atoms with Gasteiger partial charge in [-0.25, -0.2) is 14.4 Å². The zero-order valence-electron chi connectivity index (χ0n) is 7.82. The summed E-state index contributed by atoms with van der Waals surface area (Å²) >= 11 is 11.4. The number of nitrogens with zero attached hydrogens (tertiary/aromatic N) is 2. The molecule has 82 valence electrons. The van der Waals surface area contributed by atoms with Gasteiger partial charge in [-0.1, -0.05) is 23.2 Å². The first-order valence-electron chi connectivity index (χ1n) is 4.26. The monoisotopic (exact) mass is 258 g/mol. The summed E-state index contributed by atoms with van der Waals surface area (Å²) in [5.74, 6) is -0.0481. The molecule has 16 heavy (non-hydrogen) atoms. The molecule has 0 aliphatic carbocycles. The zero-order chi connectivity index (χ0) is 11.5. The van der Waals surface area contributed by atoms with Crippen LogP contribution in [0.1, 0.15) is 0 Å². The van der Waals surface area contributed by atoms with E-state index in [9.17, 15) is 4.39 Å². The van der Waals surface area contributed by atoms with E-state index in [1.807, 2.05) is 0 Å². The molecule has 0 spiro atoms. The van der Waals surface area contributed by atoms with Crippen molar-refractivity contribution in [2.75, 3.05) is 0 Å². The molecule has 0 aliphatic rings. The third-order valence-corrected chi connectivity index (χ3v) is 2.61. The Balaban J connectivity index is 2.33. The Hall–Kier alpha value is -1.39. The third kappa shape index (κ3) is 2.23. The van der Waals surface area contributed by atoms with Gasteiger partial charge in [-0.3, -0.25) is 0 Å². The first kappa shape index (κ1) is 11.1. The van der Waals surface area contributed by atoms with E-state index in [1.165, 1.54) is 24.7 Å². The van der Waals surface area contributed by atoms with E-state index in [0.717, 1.165) is 0 Å². The molecule has 0 N–H and O–H groups in total. The van der Waals surface area contributed by atoms with E-state index >= 15 is 0 Å². The first-order valence-corrected chi connectivity index (χ1v) is 5.01. The molecule has 0 unspecified atom stereocenters. The Morgan fingerprint density at radius 3 is 2.62 bits per heavy atom. The molecule has 0 saturated carbocycles. The quantitative estimate of drug-likeness (QED) is 0.771. The summed E-state index contributed by atoms with van der Waals surface area (Å²) < 4.78 is 18.3. The highest BCUT2D eigenvalue weighted by Gasteiger charge is 2.11. The van der Waals surface area contributed by atoms with Crippen molar-refractivity contribution in [2.24, 2.45) is 0 Å². The summed E-state index contributed by atoms with van der Waals surface area (Å²) in [6, 6.07) is 4.10. The minimum Gasteiger partial charge on any atom is -0.437 e. The summed E-state index contributed by atoms with van der Waals surface area (Å²) in [7, 11) is 0. The van der Waals surface area contributed by atoms with Gasteiger partial charge in [0.05, 0.1) is 5.02 Å². The van der Waals surface area contributed by atoms with Crippen LogP contribution in [0.4, 0.5) is 4.39 Å². The average molecular weight is 259 g/mol. The molecule has 0 amide bonds. The molecule has 6 heteroatoms. The maximum absolute atomic E-state index is 13.0. The highest BCUT2D eigenvalue weighted by atomic mass is 35.5. The highest BCUT2D eigenvalue weighted by Crippen LogP contribution is 2.35. The van der Waals surface area contributed by atoms with Gasteiger partial charge in [0.25, 0.3) is 0 Å². The molecule has 0 radical (unpaired) electrons. The van der Waals surface area contributed by atoms with Crippen LogP contribution in [0.5, 0.6) is 11.6 Å². The van der Waals surface area contributed by atoms with Crippen molar-refractivity contribution in [2.45, 2.75) is 0 Å². The van der Waals surface area contributed by atoms with E-state index in [2.05, 4.69) is 9.97 Å². The number of ether oxygens (including phenoxy) is 1. The molecule has 0 aliphatic heterocycles. The van der Waals surface area contributed by atoms with Gasteiger partial charge in [-0.05, 0) is 12.1 Å². The van der Waals surface area contributed by atoms with Gasteiger partial charge in [0.15, 0.2) is 0 Å². The fraction of sp³-hybridized carbons (Fsp3) is 0. The van der Waals surface area contributed by atoms with Crippen LogP contribution in [0, 0.1) is 5.82 Å². The molecular weight excluding hydrogens is 254 g/mol. The van der Waals surface area contributed by atoms with Crippen molar-refractivity contribution in [1.29, 1.82) is 0 Å². The molecule has 0 bridgehead atoms. The van der Waals surface area contributed by atoms with Crippen LogP contribution in [0.3, 0.4) is 0 Å². The molecule has 3 nitrogen and oxygen atoms in total. The largest absolute Gasteiger partial charge is 0.437 e. The number of hydrogen-bond donors (Lipinski definition) is 0. The predicted molar refractivity (Wildman–Crippen MR) is 58.5 cm³/mol. The van der Waals surface area contributed by atoms with Gasteiger partial charge in [-0.15, -0.1) is 0 Å². The smallest absolute Gasteiger partial charge is 0.222 e. The van der Waals surface area contributed by atoms with Crippen LogP contribution in [-0.2, 0) is 0 Å². The summed E-state index contributed by atoms with van der Waals surface area (Å²) in [4.78, 5) is 7.57. The van der Waals surface area contributed by atoms with Crippen molar-refractivity contribution in [1.82, 2.24) is 9.97 Å². The fourth-order valence-electron chi connectivity index (χ4n) is 1.04. The normalized spacial score (nSPS) is 10.2. The van der Waals surface area contributed by atoms with Gasteiger partial charge < -0.3 is 4.74 Å². The summed E-state index contributed by atoms with van der Waals surface area (Å²) in [5.41, 5.74) is 0. The molecule has 1 aromatic carbocycles. The Morgan fingerprint density at radius 2 is 1.94 bits per heavy atom. The van der Waals surface area contributed by atoms with Crippen molar-refractivity contribution < 1.29 is 9.13 Å². The predicted octanol–water partition coefficient (Wildman–Crippen LogP) is 3.71. The van der Waals surface area contributed by atoms with E-state index in [0.29, 0.717) is 5.88 Å². The Morgan fingerprint density at radius 1 is 1.12 bits per heavy atom. The molecular formula is C10H5Cl2FN2O. The zero-order valence-corrected chi connectivity index (χ0v) is 9.34. The Bertz CT molecular complexity index is 508. The molecule has 2 aromatic rings. The van der Waals surface area contributed by atoms with Crippen molar-refractivity contribution in [3.8, 4) is 11.6 Å². The second-order valence-electron chi connectivity index (χ2n) is 2.82. The first-order chi connectivity index (χ1) is 7.68. The summed E-state index contributed by atoms with van der Waals surface area (Å²) in [6.07, 6.45) is 2.84. The fourth-order valence-corrected chi connectivity index (χ4v) is 1.39. The number of halogens is 3. The van der Waals surface area contributed by atoms with E-state index in [4.69, 9.17) is 27.9 Å². The van der Waals surface area contributed by atoms with Crippen molar-refractivity contribution in [3.63, 3.8) is 0 Å². The molecule has 0 fully saturated rings. The Kier molecular flexibility index (Phi) is 3.22. The lowest BCUT2D eigenvalue weighted by molar-refractivity contribution is 0.460. The second-order valence-corrected chi connectivity index (χ2v) is 3.58. The molecule has 1 aromatic heterocycles. The van der Waals surface area contributed by atoms with Crippen LogP contribution in [0.15, 0.2) is 30.7 Å². The molecule has 1 heterocycles. The van der Waals surface area contributed by atoms with E-state index in [-0.39, 0.29) is 15.8 Å². The van der Waals surface area contributed by atoms with Crippen LogP contribution < -0.4 is 4.74 Å². The maximum atomic E-state index is 13.0. The van der Waals surface area contributed by atoms with Crippen molar-refractivity contribution >= 4 is 23.2 Å². The topological polar surface area (TPSA) is 35.0 Å². The minimum absolute atomic E-state index is 0.0141. The van der Waals surface area contributed by atoms with Gasteiger partial charge >= 0.3 is 0 Å². The number of benzene rings is 1. The second kappa shape index (κ2) is 4.63. The van der Waals surface area contributed by atoms with Crippen LogP contribution in [0.2, 0.25) is 10.0 Å². The van der Waals surface area contributed by atoms with Crippen LogP contribution >= 0.6 is 23.2 Å². The SMILES string of the molecule is Fc1ccc(Oc2ccncn2)c(Cl)c1Cl. The van der Waals surface area contributed by atoms with Crippen LogP contribution in [0.25, 0.3) is 0 Å². The maximum Gasteiger partial charge on any atom is 0.222 e. The highest BCUT2D eigenvalue weighted by molar-refractivity contribution is 6.43. The standard InChI is InChI=1S/C10H5Cl2FN2O/c11-9-6(13)1-2-7(10(9)12)16-8-3-4-14-5-15-8/h1-5H. The van der Waals surface area contributed by atoms with Gasteiger partial charge in [0.2, 0.25) is 5.88 Å². The van der Waals surface area contributed by atoms with Gasteiger partial charge in [0.1, 0.15) is 22.9 Å². The van der Waals surface area contributed by atoms with Crippen molar-refractivity contribution in [3.05, 3.63) is 46.6 Å². The third-order valence-electron chi connectivity index (χ3n) is 1.77. The number of hydrogen-bond acceptors (Lipinski definition) is 3. The summed E-state index contributed by atoms with van der Waals surface area (Å²) in [6.45, 7) is 0. The number of aromatic nitrogens is 2. The van der Waals surface area contributed by atoms with E-state index in [1.54, 1.807) is 6.07 Å². The molecule has 2 rings (SSSR count). The lowest BCUT2D eigenvalue weighted by atomic mass is 10.3. The number of rotatable bonds is 2. The Labute approximate surface area is 101 Å².